The molecule has 2 aromatic rings. The lowest BCUT2D eigenvalue weighted by Gasteiger charge is -2.21. The first-order chi connectivity index (χ1) is 9.34. The van der Waals surface area contributed by atoms with Crippen LogP contribution in [0.25, 0.3) is 0 Å². The first-order valence-corrected chi connectivity index (χ1v) is 7.02. The third-order valence-corrected chi connectivity index (χ3v) is 4.13. The zero-order valence-corrected chi connectivity index (χ0v) is 11.3. The fraction of sp³-hybridized carbons (Fsp3) is 0.353. The summed E-state index contributed by atoms with van der Waals surface area (Å²) in [4.78, 5) is 4.30. The molecule has 0 radical (unpaired) electrons. The molecular weight excluding hydrogens is 232 g/mol. The quantitative estimate of drug-likeness (QED) is 0.908. The molecule has 1 fully saturated rings. The maximum Gasteiger partial charge on any atom is 0.0305 e. The molecule has 2 unspecified atom stereocenters. The van der Waals surface area contributed by atoms with Gasteiger partial charge in [0, 0.05) is 24.4 Å². The number of rotatable bonds is 3. The van der Waals surface area contributed by atoms with Gasteiger partial charge in [0.25, 0.3) is 0 Å². The van der Waals surface area contributed by atoms with Crippen molar-refractivity contribution in [3.05, 3.63) is 65.5 Å². The van der Waals surface area contributed by atoms with Crippen molar-refractivity contribution in [2.45, 2.75) is 31.7 Å². The Morgan fingerprint density at radius 2 is 2.05 bits per heavy atom. The van der Waals surface area contributed by atoms with Gasteiger partial charge < -0.3 is 5.32 Å². The second kappa shape index (κ2) is 5.54. The molecule has 0 spiro atoms. The van der Waals surface area contributed by atoms with Crippen LogP contribution in [0.4, 0.5) is 0 Å². The van der Waals surface area contributed by atoms with E-state index in [-0.39, 0.29) is 0 Å². The van der Waals surface area contributed by atoms with Gasteiger partial charge in [0.15, 0.2) is 0 Å². The van der Waals surface area contributed by atoms with Crippen molar-refractivity contribution in [3.8, 4) is 0 Å². The smallest absolute Gasteiger partial charge is 0.0305 e. The van der Waals surface area contributed by atoms with Crippen molar-refractivity contribution in [2.75, 3.05) is 6.54 Å². The first-order valence-electron chi connectivity index (χ1n) is 7.02. The van der Waals surface area contributed by atoms with Crippen molar-refractivity contribution >= 4 is 0 Å². The van der Waals surface area contributed by atoms with E-state index in [1.807, 2.05) is 12.4 Å². The maximum atomic E-state index is 4.30. The van der Waals surface area contributed by atoms with Gasteiger partial charge in [-0.1, -0.05) is 30.3 Å². The number of hydrogen-bond acceptors (Lipinski definition) is 2. The minimum Gasteiger partial charge on any atom is -0.313 e. The lowest BCUT2D eigenvalue weighted by atomic mass is 9.87. The fourth-order valence-electron chi connectivity index (χ4n) is 3.09. The van der Waals surface area contributed by atoms with Crippen molar-refractivity contribution in [3.63, 3.8) is 0 Å². The zero-order valence-electron chi connectivity index (χ0n) is 11.3. The van der Waals surface area contributed by atoms with Gasteiger partial charge in [-0.15, -0.1) is 0 Å². The molecule has 1 aliphatic heterocycles. The second-order valence-electron chi connectivity index (χ2n) is 5.38. The SMILES string of the molecule is Cc1ccncc1C1CCNC1Cc1ccccc1. The van der Waals surface area contributed by atoms with E-state index in [0.717, 1.165) is 13.0 Å². The Kier molecular flexibility index (Phi) is 3.60. The minimum atomic E-state index is 0.533. The average molecular weight is 252 g/mol. The molecule has 2 nitrogen and oxygen atoms in total. The molecule has 1 aromatic heterocycles. The predicted molar refractivity (Wildman–Crippen MR) is 78.3 cm³/mol. The molecule has 2 heterocycles. The summed E-state index contributed by atoms with van der Waals surface area (Å²) in [5.41, 5.74) is 4.18. The van der Waals surface area contributed by atoms with Crippen LogP contribution >= 0.6 is 0 Å². The van der Waals surface area contributed by atoms with Gasteiger partial charge in [0.05, 0.1) is 0 Å². The number of aryl methyl sites for hydroxylation is 1. The molecule has 1 saturated heterocycles. The first kappa shape index (κ1) is 12.4. The van der Waals surface area contributed by atoms with Gasteiger partial charge in [-0.3, -0.25) is 4.98 Å². The summed E-state index contributed by atoms with van der Waals surface area (Å²) in [6, 6.07) is 13.4. The molecule has 0 saturated carbocycles. The van der Waals surface area contributed by atoms with Gasteiger partial charge in [0.1, 0.15) is 0 Å². The molecule has 2 heteroatoms. The topological polar surface area (TPSA) is 24.9 Å². The van der Waals surface area contributed by atoms with Crippen molar-refractivity contribution < 1.29 is 0 Å². The highest BCUT2D eigenvalue weighted by atomic mass is 15.0. The zero-order chi connectivity index (χ0) is 13.1. The van der Waals surface area contributed by atoms with Gasteiger partial charge in [-0.2, -0.15) is 0 Å². The van der Waals surface area contributed by atoms with Crippen LogP contribution in [0.1, 0.15) is 29.0 Å². The molecule has 1 aromatic carbocycles. The number of hydrogen-bond donors (Lipinski definition) is 1. The highest BCUT2D eigenvalue weighted by molar-refractivity contribution is 5.29. The lowest BCUT2D eigenvalue weighted by Crippen LogP contribution is -2.28. The van der Waals surface area contributed by atoms with Crippen molar-refractivity contribution in [2.24, 2.45) is 0 Å². The average Bonchev–Trinajstić information content (AvgIpc) is 2.88. The van der Waals surface area contributed by atoms with Gasteiger partial charge >= 0.3 is 0 Å². The molecule has 1 aliphatic rings. The third-order valence-electron chi connectivity index (χ3n) is 4.13. The van der Waals surface area contributed by atoms with Crippen LogP contribution < -0.4 is 5.32 Å². The van der Waals surface area contributed by atoms with Crippen LogP contribution in [-0.2, 0) is 6.42 Å². The third kappa shape index (κ3) is 2.69. The number of nitrogens with one attached hydrogen (secondary N) is 1. The van der Waals surface area contributed by atoms with Gasteiger partial charge in [-0.25, -0.2) is 0 Å². The molecule has 2 atom stereocenters. The normalized spacial score (nSPS) is 22.6. The predicted octanol–water partition coefficient (Wildman–Crippen LogP) is 3.08. The number of pyridine rings is 1. The summed E-state index contributed by atoms with van der Waals surface area (Å²) in [5, 5.41) is 3.65. The molecule has 98 valence electrons. The number of aromatic nitrogens is 1. The maximum absolute atomic E-state index is 4.30. The number of benzene rings is 1. The second-order valence-corrected chi connectivity index (χ2v) is 5.38. The highest BCUT2D eigenvalue weighted by Gasteiger charge is 2.29. The molecular formula is C17H20N2. The van der Waals surface area contributed by atoms with E-state index in [9.17, 15) is 0 Å². The lowest BCUT2D eigenvalue weighted by molar-refractivity contribution is 0.541. The van der Waals surface area contributed by atoms with Crippen LogP contribution in [0.15, 0.2) is 48.8 Å². The van der Waals surface area contributed by atoms with E-state index >= 15 is 0 Å². The van der Waals surface area contributed by atoms with Crippen LogP contribution in [-0.4, -0.2) is 17.6 Å². The Bertz CT molecular complexity index is 536. The molecule has 0 bridgehead atoms. The Morgan fingerprint density at radius 3 is 2.84 bits per heavy atom. The Balaban J connectivity index is 1.81. The van der Waals surface area contributed by atoms with Crippen LogP contribution in [0.2, 0.25) is 0 Å². The monoisotopic (exact) mass is 252 g/mol. The fourth-order valence-corrected chi connectivity index (χ4v) is 3.09. The number of nitrogens with zero attached hydrogens (tertiary/aromatic N) is 1. The Hall–Kier alpha value is -1.67. The van der Waals surface area contributed by atoms with E-state index in [4.69, 9.17) is 0 Å². The summed E-state index contributed by atoms with van der Waals surface area (Å²) in [6.07, 6.45) is 6.24. The Morgan fingerprint density at radius 1 is 1.21 bits per heavy atom. The molecule has 19 heavy (non-hydrogen) atoms. The minimum absolute atomic E-state index is 0.533. The standard InChI is InChI=1S/C17H20N2/c1-13-7-9-18-12-16(13)15-8-10-19-17(15)11-14-5-3-2-4-6-14/h2-7,9,12,15,17,19H,8,10-11H2,1H3. The summed E-state index contributed by atoms with van der Waals surface area (Å²) in [7, 11) is 0. The van der Waals surface area contributed by atoms with Crippen LogP contribution in [0, 0.1) is 6.92 Å². The largest absolute Gasteiger partial charge is 0.313 e. The van der Waals surface area contributed by atoms with E-state index in [1.165, 1.54) is 23.1 Å². The van der Waals surface area contributed by atoms with Crippen molar-refractivity contribution in [1.29, 1.82) is 0 Å². The molecule has 0 aliphatic carbocycles. The van der Waals surface area contributed by atoms with Crippen LogP contribution in [0.3, 0.4) is 0 Å². The van der Waals surface area contributed by atoms with Crippen LogP contribution in [0.5, 0.6) is 0 Å². The summed E-state index contributed by atoms with van der Waals surface area (Å²) >= 11 is 0. The van der Waals surface area contributed by atoms with Gasteiger partial charge in [-0.05, 0) is 49.1 Å². The van der Waals surface area contributed by atoms with E-state index < -0.39 is 0 Å². The highest BCUT2D eigenvalue weighted by Crippen LogP contribution is 2.31. The summed E-state index contributed by atoms with van der Waals surface area (Å²) in [5.74, 6) is 0.592. The van der Waals surface area contributed by atoms with E-state index in [2.05, 4.69) is 53.6 Å². The van der Waals surface area contributed by atoms with Gasteiger partial charge in [0.2, 0.25) is 0 Å². The van der Waals surface area contributed by atoms with E-state index in [1.54, 1.807) is 0 Å². The molecule has 0 amide bonds. The van der Waals surface area contributed by atoms with E-state index in [0.29, 0.717) is 12.0 Å². The van der Waals surface area contributed by atoms with Crippen molar-refractivity contribution in [1.82, 2.24) is 10.3 Å². The summed E-state index contributed by atoms with van der Waals surface area (Å²) < 4.78 is 0. The molecule has 3 rings (SSSR count). The molecule has 1 N–H and O–H groups in total. The Labute approximate surface area is 114 Å². The summed E-state index contributed by atoms with van der Waals surface area (Å²) in [6.45, 7) is 3.30.